The van der Waals surface area contributed by atoms with Gasteiger partial charge >= 0.3 is 0 Å². The number of amides is 1. The first-order chi connectivity index (χ1) is 17.3. The van der Waals surface area contributed by atoms with Gasteiger partial charge in [0.05, 0.1) is 11.1 Å². The van der Waals surface area contributed by atoms with Crippen LogP contribution in [0.3, 0.4) is 0 Å². The molecule has 0 atom stereocenters. The van der Waals surface area contributed by atoms with E-state index in [4.69, 9.17) is 0 Å². The summed E-state index contributed by atoms with van der Waals surface area (Å²) in [6.45, 7) is 3.47. The van der Waals surface area contributed by atoms with Gasteiger partial charge in [0.1, 0.15) is 12.4 Å². The third kappa shape index (κ3) is 5.55. The molecule has 2 aromatic carbocycles. The van der Waals surface area contributed by atoms with Gasteiger partial charge in [-0.3, -0.25) is 4.79 Å². The monoisotopic (exact) mass is 565 g/mol. The van der Waals surface area contributed by atoms with Gasteiger partial charge < -0.3 is 4.57 Å². The fraction of sp³-hybridized carbons (Fsp3) is 0.115. The van der Waals surface area contributed by atoms with Gasteiger partial charge in [0, 0.05) is 33.3 Å². The van der Waals surface area contributed by atoms with E-state index in [9.17, 15) is 13.2 Å². The molecular formula is C26H24BrN5O3S. The third-order valence-corrected chi connectivity index (χ3v) is 7.71. The Morgan fingerprint density at radius 1 is 1.06 bits per heavy atom. The Kier molecular flexibility index (Phi) is 7.66. The number of aryl methyl sites for hydroxylation is 1. The molecule has 0 unspecified atom stereocenters. The summed E-state index contributed by atoms with van der Waals surface area (Å²) in [5.74, 6) is -0.463. The number of pyridine rings is 1. The van der Waals surface area contributed by atoms with Crippen molar-refractivity contribution in [1.29, 1.82) is 0 Å². The van der Waals surface area contributed by atoms with Gasteiger partial charge in [-0.15, -0.1) is 0 Å². The molecule has 0 aliphatic rings. The number of hydrogen-bond donors (Lipinski definition) is 1. The number of hydrazone groups is 1. The van der Waals surface area contributed by atoms with Gasteiger partial charge in [-0.2, -0.15) is 5.10 Å². The number of anilines is 1. The van der Waals surface area contributed by atoms with E-state index in [2.05, 4.69) is 36.0 Å². The molecule has 36 heavy (non-hydrogen) atoms. The van der Waals surface area contributed by atoms with Crippen LogP contribution in [0, 0.1) is 13.8 Å². The molecule has 4 aromatic rings. The Morgan fingerprint density at radius 3 is 2.50 bits per heavy atom. The van der Waals surface area contributed by atoms with Crippen LogP contribution in [0.2, 0.25) is 0 Å². The van der Waals surface area contributed by atoms with Gasteiger partial charge in [0.2, 0.25) is 0 Å². The number of rotatable bonds is 8. The zero-order valence-electron chi connectivity index (χ0n) is 19.7. The van der Waals surface area contributed by atoms with Crippen LogP contribution in [-0.2, 0) is 14.8 Å². The van der Waals surface area contributed by atoms with Crippen LogP contribution in [0.1, 0.15) is 17.0 Å². The van der Waals surface area contributed by atoms with Crippen LogP contribution in [0.15, 0.2) is 99.5 Å². The first-order valence-corrected chi connectivity index (χ1v) is 13.3. The van der Waals surface area contributed by atoms with Gasteiger partial charge in [-0.25, -0.2) is 23.1 Å². The smallest absolute Gasteiger partial charge is 0.265 e. The van der Waals surface area contributed by atoms with Crippen LogP contribution < -0.4 is 9.73 Å². The molecule has 0 aliphatic carbocycles. The zero-order chi connectivity index (χ0) is 25.7. The first kappa shape index (κ1) is 25.3. The molecule has 1 amide bonds. The maximum Gasteiger partial charge on any atom is 0.265 e. The van der Waals surface area contributed by atoms with Crippen molar-refractivity contribution in [2.24, 2.45) is 5.10 Å². The van der Waals surface area contributed by atoms with E-state index >= 15 is 0 Å². The minimum Gasteiger partial charge on any atom is -0.318 e. The van der Waals surface area contributed by atoms with Crippen LogP contribution in [-0.4, -0.2) is 36.6 Å². The molecule has 184 valence electrons. The predicted octanol–water partition coefficient (Wildman–Crippen LogP) is 4.60. The lowest BCUT2D eigenvalue weighted by Crippen LogP contribution is -2.40. The lowest BCUT2D eigenvalue weighted by molar-refractivity contribution is -0.119. The quantitative estimate of drug-likeness (QED) is 0.249. The minimum atomic E-state index is -4.02. The highest BCUT2D eigenvalue weighted by atomic mass is 79.9. The van der Waals surface area contributed by atoms with Crippen LogP contribution in [0.5, 0.6) is 0 Å². The maximum atomic E-state index is 13.3. The number of aromatic nitrogens is 2. The summed E-state index contributed by atoms with van der Waals surface area (Å²) < 4.78 is 30.6. The van der Waals surface area contributed by atoms with Crippen molar-refractivity contribution in [2.45, 2.75) is 18.7 Å². The molecule has 1 N–H and O–H groups in total. The molecular weight excluding hydrogens is 542 g/mol. The summed E-state index contributed by atoms with van der Waals surface area (Å²) in [5, 5.41) is 4.08. The first-order valence-electron chi connectivity index (χ1n) is 11.0. The van der Waals surface area contributed by atoms with Crippen molar-refractivity contribution < 1.29 is 13.2 Å². The topological polar surface area (TPSA) is 96.7 Å². The molecule has 0 aliphatic heterocycles. The molecule has 8 nitrogen and oxygen atoms in total. The minimum absolute atomic E-state index is 0.0620. The summed E-state index contributed by atoms with van der Waals surface area (Å²) in [6, 6.07) is 22.7. The van der Waals surface area contributed by atoms with E-state index in [1.54, 1.807) is 36.5 Å². The second-order valence-corrected chi connectivity index (χ2v) is 10.7. The average molecular weight is 566 g/mol. The molecule has 0 saturated heterocycles. The van der Waals surface area contributed by atoms with E-state index < -0.39 is 22.5 Å². The van der Waals surface area contributed by atoms with E-state index in [1.807, 2.05) is 44.2 Å². The Hall–Kier alpha value is -3.76. The second-order valence-electron chi connectivity index (χ2n) is 7.95. The number of carbonyl (C=O) groups is 1. The van der Waals surface area contributed by atoms with Crippen LogP contribution in [0.25, 0.3) is 5.69 Å². The molecule has 0 spiro atoms. The van der Waals surface area contributed by atoms with Crippen LogP contribution >= 0.6 is 15.9 Å². The normalized spacial score (nSPS) is 11.5. The van der Waals surface area contributed by atoms with Crippen molar-refractivity contribution in [3.8, 4) is 5.69 Å². The Bertz CT molecular complexity index is 1500. The molecule has 4 rings (SSSR count). The SMILES string of the molecule is Cc1cc(/C=N\NC(=O)CN(c2ccccn2)S(=O)(=O)c2ccccc2)c(C)n1-c1cccc(Br)c1. The number of hydrogen-bond acceptors (Lipinski definition) is 5. The zero-order valence-corrected chi connectivity index (χ0v) is 22.1. The predicted molar refractivity (Wildman–Crippen MR) is 144 cm³/mol. The van der Waals surface area contributed by atoms with Crippen molar-refractivity contribution in [1.82, 2.24) is 15.0 Å². The fourth-order valence-electron chi connectivity index (χ4n) is 3.78. The Labute approximate surface area is 218 Å². The Balaban J connectivity index is 1.53. The lowest BCUT2D eigenvalue weighted by atomic mass is 10.2. The summed E-state index contributed by atoms with van der Waals surface area (Å²) in [5.41, 5.74) is 6.22. The van der Waals surface area contributed by atoms with Crippen molar-refractivity contribution in [2.75, 3.05) is 10.8 Å². The van der Waals surface area contributed by atoms with Crippen LogP contribution in [0.4, 0.5) is 5.82 Å². The van der Waals surface area contributed by atoms with Crippen molar-refractivity contribution in [3.05, 3.63) is 106 Å². The Morgan fingerprint density at radius 2 is 1.81 bits per heavy atom. The second kappa shape index (κ2) is 10.9. The number of benzene rings is 2. The summed E-state index contributed by atoms with van der Waals surface area (Å²) >= 11 is 3.50. The summed E-state index contributed by atoms with van der Waals surface area (Å²) in [4.78, 5) is 16.9. The number of carbonyl (C=O) groups excluding carboxylic acids is 1. The number of nitrogens with zero attached hydrogens (tertiary/aromatic N) is 4. The van der Waals surface area contributed by atoms with Gasteiger partial charge in [0.25, 0.3) is 15.9 Å². The van der Waals surface area contributed by atoms with Gasteiger partial charge in [0.15, 0.2) is 0 Å². The highest BCUT2D eigenvalue weighted by molar-refractivity contribution is 9.10. The average Bonchev–Trinajstić information content (AvgIpc) is 3.16. The summed E-state index contributed by atoms with van der Waals surface area (Å²) in [6.07, 6.45) is 3.02. The lowest BCUT2D eigenvalue weighted by Gasteiger charge is -2.22. The van der Waals surface area contributed by atoms with Gasteiger partial charge in [-0.1, -0.05) is 46.3 Å². The molecule has 0 bridgehead atoms. The summed E-state index contributed by atoms with van der Waals surface area (Å²) in [7, 11) is -4.02. The van der Waals surface area contributed by atoms with Crippen molar-refractivity contribution in [3.63, 3.8) is 0 Å². The number of nitrogens with one attached hydrogen (secondary N) is 1. The molecule has 0 radical (unpaired) electrons. The van der Waals surface area contributed by atoms with E-state index in [0.29, 0.717) is 0 Å². The number of sulfonamides is 1. The largest absolute Gasteiger partial charge is 0.318 e. The molecule has 10 heteroatoms. The standard InChI is InChI=1S/C26H24BrN5O3S/c1-19-15-21(20(2)32(19)23-10-8-9-22(27)16-23)17-29-30-26(33)18-31(25-13-6-7-14-28-25)36(34,35)24-11-4-3-5-12-24/h3-17H,18H2,1-2H3,(H,30,33)/b29-17-. The maximum absolute atomic E-state index is 13.3. The van der Waals surface area contributed by atoms with Crippen molar-refractivity contribution >= 4 is 43.9 Å². The molecule has 2 aromatic heterocycles. The van der Waals surface area contributed by atoms with Gasteiger partial charge in [-0.05, 0) is 62.4 Å². The molecule has 0 saturated carbocycles. The number of halogens is 1. The van der Waals surface area contributed by atoms with E-state index in [-0.39, 0.29) is 10.7 Å². The molecule has 0 fully saturated rings. The highest BCUT2D eigenvalue weighted by Gasteiger charge is 2.27. The molecule has 2 heterocycles. The van der Waals surface area contributed by atoms with E-state index in [1.165, 1.54) is 24.4 Å². The van der Waals surface area contributed by atoms with E-state index in [0.717, 1.165) is 31.4 Å². The third-order valence-electron chi connectivity index (χ3n) is 5.45. The highest BCUT2D eigenvalue weighted by Crippen LogP contribution is 2.23. The fourth-order valence-corrected chi connectivity index (χ4v) is 5.56.